The summed E-state index contributed by atoms with van der Waals surface area (Å²) < 4.78 is 5.28. The molecule has 1 amide bonds. The molecule has 0 aromatic carbocycles. The Morgan fingerprint density at radius 2 is 2.06 bits per heavy atom. The van der Waals surface area contributed by atoms with E-state index in [0.29, 0.717) is 12.5 Å². The lowest BCUT2D eigenvalue weighted by Gasteiger charge is -2.27. The summed E-state index contributed by atoms with van der Waals surface area (Å²) in [5, 5.41) is 2.96. The molecule has 5 heteroatoms. The number of alkyl carbamates (subject to hydrolysis) is 1. The second-order valence-electron chi connectivity index (χ2n) is 5.44. The van der Waals surface area contributed by atoms with E-state index in [9.17, 15) is 4.79 Å². The molecular weight excluding hydrogens is 236 g/mol. The third-order valence-corrected chi connectivity index (χ3v) is 3.83. The minimum absolute atomic E-state index is 0.157. The van der Waals surface area contributed by atoms with Gasteiger partial charge in [0.05, 0.1) is 0 Å². The van der Waals surface area contributed by atoms with Gasteiger partial charge in [0.15, 0.2) is 0 Å². The largest absolute Gasteiger partial charge is 0.444 e. The van der Waals surface area contributed by atoms with Crippen molar-refractivity contribution >= 4 is 17.9 Å². The number of carbonyl (C=O) groups is 1. The second-order valence-corrected chi connectivity index (χ2v) is 6.66. The van der Waals surface area contributed by atoms with E-state index < -0.39 is 5.60 Å². The van der Waals surface area contributed by atoms with Crippen molar-refractivity contribution in [3.63, 3.8) is 0 Å². The lowest BCUT2D eigenvalue weighted by atomic mass is 9.95. The molecule has 0 radical (unpaired) electrons. The van der Waals surface area contributed by atoms with Crippen LogP contribution in [0.3, 0.4) is 0 Å². The van der Waals surface area contributed by atoms with Crippen LogP contribution in [0.1, 0.15) is 33.6 Å². The summed E-state index contributed by atoms with van der Waals surface area (Å²) >= 11 is 1.93. The van der Waals surface area contributed by atoms with Crippen LogP contribution in [-0.4, -0.2) is 35.8 Å². The molecule has 0 aromatic rings. The number of carbonyl (C=O) groups excluding carboxylic acids is 1. The van der Waals surface area contributed by atoms with Gasteiger partial charge in [0, 0.05) is 6.04 Å². The summed E-state index contributed by atoms with van der Waals surface area (Å²) in [6.07, 6.45) is 1.72. The number of ether oxygens (including phenoxy) is 1. The minimum atomic E-state index is -0.443. The Bertz CT molecular complexity index is 253. The number of hydrogen-bond donors (Lipinski definition) is 2. The topological polar surface area (TPSA) is 64.3 Å². The van der Waals surface area contributed by atoms with Crippen molar-refractivity contribution in [3.05, 3.63) is 0 Å². The van der Waals surface area contributed by atoms with Crippen molar-refractivity contribution in [3.8, 4) is 0 Å². The highest BCUT2D eigenvalue weighted by atomic mass is 32.2. The van der Waals surface area contributed by atoms with E-state index in [4.69, 9.17) is 10.5 Å². The Balaban J connectivity index is 2.49. The predicted octanol–water partition coefficient (Wildman–Crippen LogP) is 1.98. The van der Waals surface area contributed by atoms with Gasteiger partial charge in [-0.2, -0.15) is 11.8 Å². The second kappa shape index (κ2) is 6.50. The number of nitrogens with one attached hydrogen (secondary N) is 1. The van der Waals surface area contributed by atoms with Crippen LogP contribution in [0.25, 0.3) is 0 Å². The van der Waals surface area contributed by atoms with E-state index in [1.165, 1.54) is 0 Å². The van der Waals surface area contributed by atoms with Crippen molar-refractivity contribution < 1.29 is 9.53 Å². The molecule has 0 bridgehead atoms. The van der Waals surface area contributed by atoms with Crippen molar-refractivity contribution in [2.75, 3.05) is 18.1 Å². The number of rotatable bonds is 2. The maximum absolute atomic E-state index is 11.7. The Kier molecular flexibility index (Phi) is 5.59. The van der Waals surface area contributed by atoms with Gasteiger partial charge in [0.2, 0.25) is 0 Å². The molecule has 0 aromatic heterocycles. The quantitative estimate of drug-likeness (QED) is 0.797. The Morgan fingerprint density at radius 3 is 2.65 bits per heavy atom. The summed E-state index contributed by atoms with van der Waals surface area (Å²) in [6.45, 7) is 6.24. The number of amides is 1. The molecule has 1 saturated heterocycles. The summed E-state index contributed by atoms with van der Waals surface area (Å²) in [4.78, 5) is 11.7. The molecule has 1 aliphatic heterocycles. The van der Waals surface area contributed by atoms with Crippen LogP contribution in [0.15, 0.2) is 0 Å². The molecule has 17 heavy (non-hydrogen) atoms. The summed E-state index contributed by atoms with van der Waals surface area (Å²) in [7, 11) is 0. The van der Waals surface area contributed by atoms with Crippen LogP contribution >= 0.6 is 11.8 Å². The SMILES string of the molecule is CC(C)(C)OC(=O)N[C@@H]1CCSCC[C@@H]1CN. The van der Waals surface area contributed by atoms with E-state index >= 15 is 0 Å². The summed E-state index contributed by atoms with van der Waals surface area (Å²) in [6, 6.07) is 0.157. The molecular formula is C12H24N2O2S. The predicted molar refractivity (Wildman–Crippen MR) is 72.3 cm³/mol. The first-order valence-corrected chi connectivity index (χ1v) is 7.35. The zero-order valence-corrected chi connectivity index (χ0v) is 11.8. The molecule has 0 unspecified atom stereocenters. The molecule has 1 fully saturated rings. The van der Waals surface area contributed by atoms with Gasteiger partial charge in [-0.1, -0.05) is 0 Å². The smallest absolute Gasteiger partial charge is 0.407 e. The molecule has 3 N–H and O–H groups in total. The zero-order valence-electron chi connectivity index (χ0n) is 11.0. The first kappa shape index (κ1) is 14.6. The Hall–Kier alpha value is -0.420. The van der Waals surface area contributed by atoms with Crippen LogP contribution in [0.5, 0.6) is 0 Å². The lowest BCUT2D eigenvalue weighted by molar-refractivity contribution is 0.0485. The van der Waals surface area contributed by atoms with Gasteiger partial charge in [-0.25, -0.2) is 4.79 Å². The first-order chi connectivity index (χ1) is 7.92. The van der Waals surface area contributed by atoms with E-state index in [1.807, 2.05) is 32.5 Å². The van der Waals surface area contributed by atoms with Crippen LogP contribution in [0, 0.1) is 5.92 Å². The average molecular weight is 260 g/mol. The molecule has 0 saturated carbocycles. The maximum atomic E-state index is 11.7. The van der Waals surface area contributed by atoms with Gasteiger partial charge in [0.1, 0.15) is 5.60 Å². The van der Waals surface area contributed by atoms with Crippen LogP contribution in [-0.2, 0) is 4.74 Å². The molecule has 100 valence electrons. The highest BCUT2D eigenvalue weighted by molar-refractivity contribution is 7.99. The third-order valence-electron chi connectivity index (χ3n) is 2.78. The van der Waals surface area contributed by atoms with Gasteiger partial charge in [0.25, 0.3) is 0 Å². The highest BCUT2D eigenvalue weighted by Gasteiger charge is 2.26. The normalized spacial score (nSPS) is 26.1. The van der Waals surface area contributed by atoms with Crippen molar-refractivity contribution in [1.82, 2.24) is 5.32 Å². The number of nitrogens with two attached hydrogens (primary N) is 1. The summed E-state index contributed by atoms with van der Waals surface area (Å²) in [5.41, 5.74) is 5.32. The van der Waals surface area contributed by atoms with Gasteiger partial charge in [-0.3, -0.25) is 0 Å². The van der Waals surface area contributed by atoms with Gasteiger partial charge in [-0.05, 0) is 57.6 Å². The van der Waals surface area contributed by atoms with Gasteiger partial charge >= 0.3 is 6.09 Å². The molecule has 1 aliphatic rings. The van der Waals surface area contributed by atoms with E-state index in [1.54, 1.807) is 0 Å². The molecule has 0 spiro atoms. The Labute approximate surface area is 108 Å². The van der Waals surface area contributed by atoms with Crippen molar-refractivity contribution in [2.24, 2.45) is 11.7 Å². The minimum Gasteiger partial charge on any atom is -0.444 e. The Morgan fingerprint density at radius 1 is 1.41 bits per heavy atom. The van der Waals surface area contributed by atoms with Crippen LogP contribution < -0.4 is 11.1 Å². The summed E-state index contributed by atoms with van der Waals surface area (Å²) in [5.74, 6) is 2.59. The lowest BCUT2D eigenvalue weighted by Crippen LogP contribution is -2.45. The molecule has 0 aliphatic carbocycles. The fourth-order valence-electron chi connectivity index (χ4n) is 1.92. The van der Waals surface area contributed by atoms with Gasteiger partial charge < -0.3 is 15.8 Å². The van der Waals surface area contributed by atoms with Crippen molar-refractivity contribution in [1.29, 1.82) is 0 Å². The number of hydrogen-bond acceptors (Lipinski definition) is 4. The average Bonchev–Trinajstić information content (AvgIpc) is 2.39. The molecule has 1 heterocycles. The van der Waals surface area contributed by atoms with Crippen LogP contribution in [0.4, 0.5) is 4.79 Å². The standard InChI is InChI=1S/C12H24N2O2S/c1-12(2,3)16-11(15)14-10-5-7-17-6-4-9(10)8-13/h9-10H,4-8,13H2,1-3H3,(H,14,15)/t9-,10-/m1/s1. The highest BCUT2D eigenvalue weighted by Crippen LogP contribution is 2.22. The van der Waals surface area contributed by atoms with E-state index in [2.05, 4.69) is 5.32 Å². The molecule has 4 nitrogen and oxygen atoms in total. The zero-order chi connectivity index (χ0) is 12.9. The molecule has 1 rings (SSSR count). The fourth-order valence-corrected chi connectivity index (χ4v) is 3.01. The molecule has 2 atom stereocenters. The number of thioether (sulfide) groups is 1. The van der Waals surface area contributed by atoms with E-state index in [0.717, 1.165) is 24.3 Å². The third kappa shape index (κ3) is 5.64. The fraction of sp³-hybridized carbons (Fsp3) is 0.917. The van der Waals surface area contributed by atoms with Crippen molar-refractivity contribution in [2.45, 2.75) is 45.3 Å². The van der Waals surface area contributed by atoms with Gasteiger partial charge in [-0.15, -0.1) is 0 Å². The monoisotopic (exact) mass is 260 g/mol. The van der Waals surface area contributed by atoms with Crippen LogP contribution in [0.2, 0.25) is 0 Å². The first-order valence-electron chi connectivity index (χ1n) is 6.19. The van der Waals surface area contributed by atoms with E-state index in [-0.39, 0.29) is 12.1 Å². The maximum Gasteiger partial charge on any atom is 0.407 e.